The summed E-state index contributed by atoms with van der Waals surface area (Å²) in [4.78, 5) is 31.2. The molecule has 2 unspecified atom stereocenters. The smallest absolute Gasteiger partial charge is 0.339 e. The van der Waals surface area contributed by atoms with Gasteiger partial charge in [0, 0.05) is 66.3 Å². The number of aromatic nitrogens is 3. The largest absolute Gasteiger partial charge is 0.476 e. The number of benzene rings is 1. The second kappa shape index (κ2) is 15.2. The van der Waals surface area contributed by atoms with Gasteiger partial charge in [-0.05, 0) is 55.5 Å². The van der Waals surface area contributed by atoms with Crippen LogP contribution in [0.15, 0.2) is 41.5 Å². The van der Waals surface area contributed by atoms with Crippen molar-refractivity contribution < 1.29 is 23.7 Å². The number of carbonyl (C=O) groups is 1. The molecule has 1 aliphatic carbocycles. The number of anilines is 3. The van der Waals surface area contributed by atoms with Gasteiger partial charge < -0.3 is 34.9 Å². The molecule has 3 aromatic rings. The third kappa shape index (κ3) is 8.36. The number of nitrogens with one attached hydrogen (secondary N) is 1. The number of carbonyl (C=O) groups excluding carboxylic acids is 1. The molecule has 3 N–H and O–H groups in total. The summed E-state index contributed by atoms with van der Waals surface area (Å²) in [5.41, 5.74) is 10.2. The number of hydrogen-bond donors (Lipinski definition) is 2. The molecule has 0 radical (unpaired) electrons. The fraction of sp³-hybridized carbons (Fsp3) is 0.583. The fourth-order valence-electron chi connectivity index (χ4n) is 7.42. The van der Waals surface area contributed by atoms with Crippen molar-refractivity contribution >= 4 is 31.1 Å². The first kappa shape index (κ1) is 36.0. The van der Waals surface area contributed by atoms with Gasteiger partial charge in [-0.2, -0.15) is 5.10 Å². The molecule has 1 saturated carbocycles. The molecule has 13 nitrogen and oxygen atoms in total. The first-order valence-electron chi connectivity index (χ1n) is 17.7. The first-order valence-corrected chi connectivity index (χ1v) is 21.4. The second-order valence-electron chi connectivity index (χ2n) is 15.2. The van der Waals surface area contributed by atoms with Crippen LogP contribution in [0.5, 0.6) is 5.88 Å². The molecule has 1 aromatic carbocycles. The summed E-state index contributed by atoms with van der Waals surface area (Å²) in [5.74, 6) is 0.529. The fourth-order valence-corrected chi connectivity index (χ4v) is 8.18. The van der Waals surface area contributed by atoms with Crippen LogP contribution in [-0.2, 0) is 28.0 Å². The van der Waals surface area contributed by atoms with Crippen LogP contribution in [0.4, 0.5) is 17.1 Å². The van der Waals surface area contributed by atoms with Crippen LogP contribution in [-0.4, -0.2) is 105 Å². The van der Waals surface area contributed by atoms with Crippen LogP contribution in [0.1, 0.15) is 29.6 Å². The lowest BCUT2D eigenvalue weighted by molar-refractivity contribution is 0.0595. The van der Waals surface area contributed by atoms with E-state index in [-0.39, 0.29) is 23.4 Å². The lowest BCUT2D eigenvalue weighted by atomic mass is 9.90. The highest BCUT2D eigenvalue weighted by Gasteiger charge is 2.45. The highest BCUT2D eigenvalue weighted by atomic mass is 28.3. The summed E-state index contributed by atoms with van der Waals surface area (Å²) >= 11 is 0. The molecule has 272 valence electrons. The molecular weight excluding hydrogens is 655 g/mol. The molecular formula is C36H53N7O6Si. The van der Waals surface area contributed by atoms with Crippen molar-refractivity contribution in [1.82, 2.24) is 19.2 Å². The van der Waals surface area contributed by atoms with Crippen molar-refractivity contribution in [2.75, 3.05) is 82.2 Å². The zero-order valence-corrected chi connectivity index (χ0v) is 31.2. The Labute approximate surface area is 295 Å². The molecule has 2 saturated heterocycles. The zero-order chi connectivity index (χ0) is 35.5. The van der Waals surface area contributed by atoms with E-state index in [9.17, 15) is 9.59 Å². The quantitative estimate of drug-likeness (QED) is 0.108. The van der Waals surface area contributed by atoms with Crippen LogP contribution in [0.25, 0.3) is 11.1 Å². The van der Waals surface area contributed by atoms with Crippen molar-refractivity contribution in [2.45, 2.75) is 57.2 Å². The Kier molecular flexibility index (Phi) is 10.9. The van der Waals surface area contributed by atoms with Crippen molar-refractivity contribution in [2.24, 2.45) is 13.0 Å². The number of methoxy groups -OCH3 is 1. The summed E-state index contributed by atoms with van der Waals surface area (Å²) in [5, 5.41) is 8.32. The highest BCUT2D eigenvalue weighted by molar-refractivity contribution is 6.76. The maximum Gasteiger partial charge on any atom is 0.339 e. The van der Waals surface area contributed by atoms with Gasteiger partial charge >= 0.3 is 5.97 Å². The topological polar surface area (TPSA) is 138 Å². The average molecular weight is 708 g/mol. The molecule has 0 spiro atoms. The second-order valence-corrected chi connectivity index (χ2v) is 20.8. The third-order valence-corrected chi connectivity index (χ3v) is 11.8. The minimum Gasteiger partial charge on any atom is -0.476 e. The number of aryl methyl sites for hydroxylation is 1. The molecule has 2 aliphatic heterocycles. The van der Waals surface area contributed by atoms with Crippen molar-refractivity contribution in [1.29, 1.82) is 0 Å². The number of piperidine rings is 1. The van der Waals surface area contributed by atoms with Gasteiger partial charge in [-0.1, -0.05) is 19.6 Å². The van der Waals surface area contributed by atoms with Gasteiger partial charge in [0.25, 0.3) is 5.56 Å². The standard InChI is InChI=1S/C36H53N7O6Si/c1-40-34(30(21-38-40)29-18-27(35(45)46-2)23-43(33(29)44)25-48-16-17-50(3,4)5)49-15-10-41-22-26-8-9-36(20-26,24-41)39-32-19-28(6-7-31(32)37)42-11-13-47-14-12-42/h6-7,18-19,21,23,26,39H,8-17,20,22,24-25,37H2,1-5H3. The minimum atomic E-state index is -1.31. The van der Waals surface area contributed by atoms with E-state index in [1.807, 2.05) is 6.07 Å². The molecule has 2 aromatic heterocycles. The van der Waals surface area contributed by atoms with E-state index < -0.39 is 14.0 Å². The Morgan fingerprint density at radius 1 is 1.16 bits per heavy atom. The predicted molar refractivity (Wildman–Crippen MR) is 198 cm³/mol. The molecule has 2 atom stereocenters. The Hall–Kier alpha value is -3.85. The van der Waals surface area contributed by atoms with Crippen molar-refractivity contribution in [3.05, 3.63) is 52.6 Å². The number of rotatable bonds is 14. The van der Waals surface area contributed by atoms with Gasteiger partial charge in [0.05, 0.1) is 60.1 Å². The maximum absolute atomic E-state index is 13.7. The Morgan fingerprint density at radius 2 is 1.96 bits per heavy atom. The minimum absolute atomic E-state index is 0.0344. The van der Waals surface area contributed by atoms with Crippen molar-refractivity contribution in [3.63, 3.8) is 0 Å². The summed E-state index contributed by atoms with van der Waals surface area (Å²) < 4.78 is 25.9. The number of hydrogen-bond acceptors (Lipinski definition) is 11. The van der Waals surface area contributed by atoms with E-state index in [0.717, 1.165) is 69.7 Å². The van der Waals surface area contributed by atoms with Crippen LogP contribution >= 0.6 is 0 Å². The van der Waals surface area contributed by atoms with E-state index in [0.29, 0.717) is 42.7 Å². The van der Waals surface area contributed by atoms with Gasteiger partial charge in [0.2, 0.25) is 5.88 Å². The van der Waals surface area contributed by atoms with Gasteiger partial charge in [-0.25, -0.2) is 9.48 Å². The zero-order valence-electron chi connectivity index (χ0n) is 30.2. The summed E-state index contributed by atoms with van der Waals surface area (Å²) in [6, 6.07) is 8.82. The SMILES string of the molecule is COC(=O)c1cc(-c2cnn(C)c2OCCN2CC3CCC(Nc4cc(N5CCOCC5)ccc4N)(C3)C2)c(=O)n(COCC[Si](C)(C)C)c1. The van der Waals surface area contributed by atoms with Crippen LogP contribution in [0, 0.1) is 5.92 Å². The molecule has 3 fully saturated rings. The lowest BCUT2D eigenvalue weighted by Gasteiger charge is -2.42. The molecule has 3 aliphatic rings. The van der Waals surface area contributed by atoms with Crippen LogP contribution in [0.3, 0.4) is 0 Å². The van der Waals surface area contributed by atoms with Gasteiger partial charge in [0.1, 0.15) is 13.3 Å². The van der Waals surface area contributed by atoms with E-state index in [4.69, 9.17) is 24.7 Å². The number of ether oxygens (including phenoxy) is 4. The maximum atomic E-state index is 13.7. The third-order valence-electron chi connectivity index (χ3n) is 10.1. The highest BCUT2D eigenvalue weighted by Crippen LogP contribution is 2.43. The number of fused-ring (bicyclic) bond motifs is 2. The number of nitrogens with zero attached hydrogens (tertiary/aromatic N) is 5. The number of morpholine rings is 1. The molecule has 6 rings (SSSR count). The van der Waals surface area contributed by atoms with E-state index in [2.05, 4.69) is 52.0 Å². The summed E-state index contributed by atoms with van der Waals surface area (Å²) in [7, 11) is 1.81. The van der Waals surface area contributed by atoms with Crippen molar-refractivity contribution in [3.8, 4) is 17.0 Å². The summed E-state index contributed by atoms with van der Waals surface area (Å²) in [6.45, 7) is 13.7. The normalized spacial score (nSPS) is 21.0. The monoisotopic (exact) mass is 707 g/mol. The number of nitrogen functional groups attached to an aromatic ring is 1. The Balaban J connectivity index is 1.14. The molecule has 2 bridgehead atoms. The molecule has 50 heavy (non-hydrogen) atoms. The molecule has 14 heteroatoms. The predicted octanol–water partition coefficient (Wildman–Crippen LogP) is 4.11. The van der Waals surface area contributed by atoms with Gasteiger partial charge in [-0.15, -0.1) is 0 Å². The first-order chi connectivity index (χ1) is 23.9. The van der Waals surface area contributed by atoms with E-state index >= 15 is 0 Å². The molecule has 0 amide bonds. The van der Waals surface area contributed by atoms with Crippen LogP contribution < -0.4 is 26.2 Å². The molecule has 4 heterocycles. The number of nitrogens with two attached hydrogens (primary N) is 1. The lowest BCUT2D eigenvalue weighted by Crippen LogP contribution is -2.52. The number of pyridine rings is 1. The summed E-state index contributed by atoms with van der Waals surface area (Å²) in [6.07, 6.45) is 6.47. The Bertz CT molecular complexity index is 1720. The number of esters is 1. The van der Waals surface area contributed by atoms with Crippen LogP contribution in [0.2, 0.25) is 25.7 Å². The number of likely N-dealkylation sites (tertiary alicyclic amines) is 1. The van der Waals surface area contributed by atoms with Gasteiger partial charge in [-0.3, -0.25) is 14.3 Å². The average Bonchev–Trinajstić information content (AvgIpc) is 3.61. The van der Waals surface area contributed by atoms with Gasteiger partial charge in [0.15, 0.2) is 0 Å². The van der Waals surface area contributed by atoms with E-state index in [1.165, 1.54) is 30.0 Å². The van der Waals surface area contributed by atoms with E-state index in [1.54, 1.807) is 24.0 Å². The Morgan fingerprint density at radius 3 is 2.72 bits per heavy atom.